The van der Waals surface area contributed by atoms with Crippen molar-refractivity contribution in [1.82, 2.24) is 0 Å². The molecule has 4 N–H and O–H groups in total. The summed E-state index contributed by atoms with van der Waals surface area (Å²) in [5.74, 6) is 3.84. The minimum atomic E-state index is -0.732. The third-order valence-corrected chi connectivity index (χ3v) is 25.1. The lowest BCUT2D eigenvalue weighted by Gasteiger charge is -2.62. The number of esters is 6. The van der Waals surface area contributed by atoms with E-state index in [0.29, 0.717) is 74.0 Å². The Balaban J connectivity index is -0.000000589. The van der Waals surface area contributed by atoms with E-state index < -0.39 is 40.1 Å². The first-order chi connectivity index (χ1) is 43.2. The Morgan fingerprint density at radius 1 is 0.515 bits per heavy atom. The van der Waals surface area contributed by atoms with Crippen LogP contribution in [0.3, 0.4) is 0 Å². The Labute approximate surface area is 632 Å². The van der Waals surface area contributed by atoms with Crippen molar-refractivity contribution < 1.29 is 77.6 Å². The number of phenolic OH excluding ortho intramolecular Hbond substituents is 2. The van der Waals surface area contributed by atoms with Crippen LogP contribution >= 0.6 is 0 Å². The highest BCUT2D eigenvalue weighted by molar-refractivity contribution is 5.80. The largest absolute Gasteiger partial charge is 0.504 e. The molecule has 6 unspecified atom stereocenters. The van der Waals surface area contributed by atoms with Crippen LogP contribution in [0.25, 0.3) is 0 Å². The molecular formula is C87H164O16. The molecule has 0 amide bonds. The molecule has 2 aliphatic heterocycles. The van der Waals surface area contributed by atoms with E-state index in [1.807, 2.05) is 68.4 Å². The molecule has 13 aliphatic rings. The molecule has 6 atom stereocenters. The van der Waals surface area contributed by atoms with E-state index in [9.17, 15) is 44.1 Å². The summed E-state index contributed by atoms with van der Waals surface area (Å²) in [7, 11) is 0. The molecule has 103 heavy (non-hydrogen) atoms. The van der Waals surface area contributed by atoms with Gasteiger partial charge in [0.25, 0.3) is 0 Å². The minimum Gasteiger partial charge on any atom is -0.504 e. The molecule has 11 aliphatic carbocycles. The molecule has 16 nitrogen and oxygen atoms in total. The maximum atomic E-state index is 12.8. The van der Waals surface area contributed by atoms with Gasteiger partial charge in [-0.2, -0.15) is 0 Å². The number of rotatable bonds is 18. The number of fused-ring (bicyclic) bond motifs is 1. The molecule has 16 heteroatoms. The van der Waals surface area contributed by atoms with Crippen LogP contribution in [-0.2, 0) is 57.2 Å². The molecule has 11 saturated carbocycles. The highest BCUT2D eigenvalue weighted by atomic mass is 16.6. The van der Waals surface area contributed by atoms with Crippen molar-refractivity contribution in [3.8, 4) is 11.5 Å². The Bertz CT molecular complexity index is 2690. The molecule has 0 radical (unpaired) electrons. The normalized spacial score (nSPS) is 30.2. The van der Waals surface area contributed by atoms with E-state index >= 15 is 0 Å². The third kappa shape index (κ3) is 24.0. The number of carbonyl (C=O) groups is 6. The Morgan fingerprint density at radius 2 is 0.951 bits per heavy atom. The lowest BCUT2D eigenvalue weighted by molar-refractivity contribution is -0.244. The predicted octanol–water partition coefficient (Wildman–Crippen LogP) is 22.0. The monoisotopic (exact) mass is 1470 g/mol. The molecule has 1 aromatic rings. The zero-order valence-electron chi connectivity index (χ0n) is 60.6. The fourth-order valence-electron chi connectivity index (χ4n) is 17.6. The zero-order valence-corrected chi connectivity index (χ0v) is 60.6. The van der Waals surface area contributed by atoms with E-state index in [1.165, 1.54) is 51.0 Å². The molecule has 0 aromatic heterocycles. The third-order valence-electron chi connectivity index (χ3n) is 25.1. The summed E-state index contributed by atoms with van der Waals surface area (Å²) in [6.45, 7) is 36.0. The van der Waals surface area contributed by atoms with E-state index in [2.05, 4.69) is 48.5 Å². The van der Waals surface area contributed by atoms with Crippen LogP contribution in [0, 0.1) is 86.8 Å². The topological polar surface area (TPSA) is 239 Å². The molecule has 2 saturated heterocycles. The fourth-order valence-corrected chi connectivity index (χ4v) is 17.6. The maximum Gasteiger partial charge on any atom is 0.344 e. The van der Waals surface area contributed by atoms with Gasteiger partial charge in [0.15, 0.2) is 18.1 Å². The first kappa shape index (κ1) is 105. The molecular weight excluding hydrogens is 1300 g/mol. The van der Waals surface area contributed by atoms with Gasteiger partial charge in [0.05, 0.1) is 38.8 Å². The number of carbonyl (C=O) groups excluding carboxylic acids is 6. The highest BCUT2D eigenvalue weighted by Gasteiger charge is 2.63. The lowest BCUT2D eigenvalue weighted by atomic mass is 9.47. The quantitative estimate of drug-likeness (QED) is 0.0607. The zero-order chi connectivity index (χ0) is 69.2. The van der Waals surface area contributed by atoms with Crippen molar-refractivity contribution in [3.05, 3.63) is 23.8 Å². The first-order valence-electron chi connectivity index (χ1n) is 36.5. The first-order valence-corrected chi connectivity index (χ1v) is 36.5. The van der Waals surface area contributed by atoms with Crippen molar-refractivity contribution in [3.63, 3.8) is 0 Å². The van der Waals surface area contributed by atoms with Gasteiger partial charge in [0, 0.05) is 24.2 Å². The highest BCUT2D eigenvalue weighted by Crippen LogP contribution is 2.63. The average Bonchev–Trinajstić information content (AvgIpc) is 1.38. The number of hydrogen-bond donors (Lipinski definition) is 4. The predicted molar refractivity (Wildman–Crippen MR) is 424 cm³/mol. The van der Waals surface area contributed by atoms with Crippen LogP contribution in [0.4, 0.5) is 0 Å². The summed E-state index contributed by atoms with van der Waals surface area (Å²) in [6, 6.07) is 4.98. The van der Waals surface area contributed by atoms with Gasteiger partial charge in [-0.15, -0.1) is 0 Å². The minimum absolute atomic E-state index is 0. The molecule has 0 spiro atoms. The average molecular weight is 1470 g/mol. The summed E-state index contributed by atoms with van der Waals surface area (Å²) >= 11 is 0. The molecule has 14 rings (SSSR count). The Hall–Kier alpha value is -4.44. The van der Waals surface area contributed by atoms with Crippen molar-refractivity contribution in [2.45, 2.75) is 393 Å². The van der Waals surface area contributed by atoms with Gasteiger partial charge in [-0.3, -0.25) is 24.0 Å². The summed E-state index contributed by atoms with van der Waals surface area (Å²) in [6.07, 6.45) is 20.8. The number of aliphatic hydroxyl groups is 2. The number of hydrogen-bond acceptors (Lipinski definition) is 16. The van der Waals surface area contributed by atoms with E-state index in [1.54, 1.807) is 19.9 Å². The van der Waals surface area contributed by atoms with Crippen molar-refractivity contribution in [2.75, 3.05) is 6.61 Å². The van der Waals surface area contributed by atoms with Crippen LogP contribution in [0.15, 0.2) is 18.2 Å². The summed E-state index contributed by atoms with van der Waals surface area (Å²) in [5, 5.41) is 39.3. The van der Waals surface area contributed by atoms with Crippen LogP contribution < -0.4 is 0 Å². The van der Waals surface area contributed by atoms with Gasteiger partial charge < -0.3 is 48.8 Å². The number of benzene rings is 1. The fraction of sp³-hybridized carbons (Fsp3) is 0.862. The van der Waals surface area contributed by atoms with Gasteiger partial charge >= 0.3 is 35.8 Å². The van der Waals surface area contributed by atoms with Crippen LogP contribution in [0.5, 0.6) is 11.5 Å². The van der Waals surface area contributed by atoms with Gasteiger partial charge in [0.1, 0.15) is 29.5 Å². The SMILES string of the molecule is C.C.C.C.C.C.C.C.C.C.CCC(C)(C)C(=O)OC1(C(C)C)C2CC3CC(C2)CC1C3.CCC(C)(C)C(=O)OC1(C(C)C)CCCC1.CCC(C)(C)C(=O)OC1C2CC3(O)CC1CC(O)(C2)C3.CCC(C)(C)C(=O)OCC(=O)OC1C2CC3CC(C2)C(=O)OC1C3.CCC(C)c1ccc(O)c(O)c1. The number of phenols is 2. The second-order valence-corrected chi connectivity index (χ2v) is 34.1. The summed E-state index contributed by atoms with van der Waals surface area (Å²) in [5.41, 5.74) is -2.51. The van der Waals surface area contributed by atoms with Crippen LogP contribution in [0.1, 0.15) is 358 Å². The molecule has 1 aromatic carbocycles. The van der Waals surface area contributed by atoms with E-state index in [4.69, 9.17) is 33.5 Å². The summed E-state index contributed by atoms with van der Waals surface area (Å²) < 4.78 is 34.2. The van der Waals surface area contributed by atoms with Crippen LogP contribution in [0.2, 0.25) is 0 Å². The standard InChI is InChI=1S/C19H32O2.C18H26O6.C16H26O4.C14H26O2.C10H14O2.10CH4/c1-6-18(4,5)17(20)21-19(12(2)3)15-8-13-7-14(10-15)11-16(19)9-13;1-4-18(2,3)17(21)22-9-14(19)24-15-11-5-10-6-12(8-11)16(20)23-13(15)7-10;1-4-14(2,3)13(17)20-12-10-5-15(18)7-11(12)8-16(19,6-10)9-15;1-6-13(4,5)12(15)16-14(11(2)3)9-7-8-10-14;1-3-7(2)8-4-5-9(11)10(12)6-8;;;;;;;;;;/h12-16H,6-11H2,1-5H3;10-13,15H,4-9H2,1-3H3;10-12,18-19H,4-9H2,1-3H3;11H,6-10H2,1-5H3;4-7,11-12H,3H2,1-2H3;10*1H4. The molecule has 608 valence electrons. The van der Waals surface area contributed by atoms with Crippen molar-refractivity contribution >= 4 is 35.8 Å². The summed E-state index contributed by atoms with van der Waals surface area (Å²) in [4.78, 5) is 73.3. The smallest absolute Gasteiger partial charge is 0.344 e. The second kappa shape index (κ2) is 41.2. The van der Waals surface area contributed by atoms with E-state index in [0.717, 1.165) is 81.6 Å². The van der Waals surface area contributed by atoms with E-state index in [-0.39, 0.29) is 174 Å². The van der Waals surface area contributed by atoms with Gasteiger partial charge in [-0.1, -0.05) is 150 Å². The van der Waals surface area contributed by atoms with Gasteiger partial charge in [0.2, 0.25) is 0 Å². The Kier molecular flexibility index (Phi) is 42.0. The Morgan fingerprint density at radius 3 is 1.38 bits per heavy atom. The molecule has 12 bridgehead atoms. The molecule has 13 fully saturated rings. The van der Waals surface area contributed by atoms with Crippen molar-refractivity contribution in [2.24, 2.45) is 86.8 Å². The van der Waals surface area contributed by atoms with Gasteiger partial charge in [-0.05, 0) is 262 Å². The lowest BCUT2D eigenvalue weighted by Crippen LogP contribution is -2.64. The maximum absolute atomic E-state index is 12.8. The van der Waals surface area contributed by atoms with Gasteiger partial charge in [-0.25, -0.2) is 4.79 Å². The second-order valence-electron chi connectivity index (χ2n) is 34.1. The van der Waals surface area contributed by atoms with Crippen LogP contribution in [-0.4, -0.2) is 104 Å². The molecule has 2 heterocycles. The number of ether oxygens (including phenoxy) is 6. The number of aromatic hydroxyl groups is 2. The van der Waals surface area contributed by atoms with Crippen molar-refractivity contribution in [1.29, 1.82) is 0 Å².